The Morgan fingerprint density at radius 2 is 1.83 bits per heavy atom. The number of hydrogen-bond acceptors (Lipinski definition) is 5. The number of benzene rings is 2. The van der Waals surface area contributed by atoms with Crippen LogP contribution in [0.4, 0.5) is 11.4 Å². The van der Waals surface area contributed by atoms with Crippen LogP contribution in [0.1, 0.15) is 18.9 Å². The summed E-state index contributed by atoms with van der Waals surface area (Å²) in [4.78, 5) is 15.3. The molecular formula is C21H24ClN3O3S2. The average Bonchev–Trinajstić information content (AvgIpc) is 2.85. The molecule has 9 heteroatoms. The number of halogens is 1. The van der Waals surface area contributed by atoms with Crippen LogP contribution in [0.25, 0.3) is 0 Å². The Balaban J connectivity index is 1.53. The molecule has 30 heavy (non-hydrogen) atoms. The standard InChI is InChI=1S/C21H24ClN3O3S2/c1-14-3-4-16(22)12-19(14)24-7-9-25(10-8-24)30(27,28)17-5-6-20-18(13-17)23-21(26)11-15(2)29-20/h3-6,12-13,15H,7-11H2,1-2H3,(H,23,26)/t15-/m1/s1. The highest BCUT2D eigenvalue weighted by atomic mass is 35.5. The minimum absolute atomic E-state index is 0.0891. The lowest BCUT2D eigenvalue weighted by Crippen LogP contribution is -2.48. The molecule has 2 aliphatic rings. The van der Waals surface area contributed by atoms with Gasteiger partial charge in [-0.3, -0.25) is 4.79 Å². The SMILES string of the molecule is Cc1ccc(Cl)cc1N1CCN(S(=O)(=O)c2ccc3c(c2)NC(=O)C[C@@H](C)S3)CC1. The number of anilines is 2. The number of fused-ring (bicyclic) bond motifs is 1. The van der Waals surface area contributed by atoms with Crippen LogP contribution in [0.2, 0.25) is 5.02 Å². The van der Waals surface area contributed by atoms with Gasteiger partial charge in [-0.2, -0.15) is 4.31 Å². The molecule has 2 aromatic carbocycles. The second-order valence-electron chi connectivity index (χ2n) is 7.66. The molecule has 1 fully saturated rings. The molecule has 6 nitrogen and oxygen atoms in total. The van der Waals surface area contributed by atoms with E-state index in [1.807, 2.05) is 32.0 Å². The molecule has 0 aromatic heterocycles. The van der Waals surface area contributed by atoms with E-state index in [0.717, 1.165) is 16.1 Å². The highest BCUT2D eigenvalue weighted by molar-refractivity contribution is 8.00. The van der Waals surface area contributed by atoms with E-state index >= 15 is 0 Å². The third-order valence-corrected chi connectivity index (χ3v) is 8.72. The van der Waals surface area contributed by atoms with Crippen LogP contribution in [0.3, 0.4) is 0 Å². The molecule has 1 amide bonds. The van der Waals surface area contributed by atoms with Crippen molar-refractivity contribution in [2.75, 3.05) is 36.4 Å². The fourth-order valence-corrected chi connectivity index (χ4v) is 6.50. The zero-order valence-corrected chi connectivity index (χ0v) is 19.3. The van der Waals surface area contributed by atoms with E-state index in [4.69, 9.17) is 11.6 Å². The summed E-state index contributed by atoms with van der Waals surface area (Å²) in [6.45, 7) is 5.99. The molecule has 2 aromatic rings. The third-order valence-electron chi connectivity index (χ3n) is 5.41. The maximum atomic E-state index is 13.2. The lowest BCUT2D eigenvalue weighted by atomic mass is 10.1. The quantitative estimate of drug-likeness (QED) is 0.742. The summed E-state index contributed by atoms with van der Waals surface area (Å²) in [5, 5.41) is 3.67. The normalized spacial score (nSPS) is 20.4. The molecule has 160 valence electrons. The maximum Gasteiger partial charge on any atom is 0.243 e. The largest absolute Gasteiger partial charge is 0.369 e. The number of nitrogens with one attached hydrogen (secondary N) is 1. The molecular weight excluding hydrogens is 442 g/mol. The number of amides is 1. The fraction of sp³-hybridized carbons (Fsp3) is 0.381. The van der Waals surface area contributed by atoms with E-state index in [1.165, 1.54) is 4.31 Å². The van der Waals surface area contributed by atoms with Gasteiger partial charge in [0.05, 0.1) is 10.6 Å². The zero-order chi connectivity index (χ0) is 21.5. The molecule has 0 radical (unpaired) electrons. The van der Waals surface area contributed by atoms with E-state index in [0.29, 0.717) is 43.3 Å². The van der Waals surface area contributed by atoms with E-state index in [2.05, 4.69) is 10.2 Å². The number of thioether (sulfide) groups is 1. The van der Waals surface area contributed by atoms with Crippen LogP contribution >= 0.6 is 23.4 Å². The lowest BCUT2D eigenvalue weighted by Gasteiger charge is -2.36. The number of nitrogens with zero attached hydrogens (tertiary/aromatic N) is 2. The van der Waals surface area contributed by atoms with E-state index in [-0.39, 0.29) is 16.1 Å². The van der Waals surface area contributed by atoms with Crippen molar-refractivity contribution in [3.8, 4) is 0 Å². The Morgan fingerprint density at radius 3 is 2.57 bits per heavy atom. The first-order chi connectivity index (χ1) is 14.2. The monoisotopic (exact) mass is 465 g/mol. The van der Waals surface area contributed by atoms with Gasteiger partial charge in [0.15, 0.2) is 0 Å². The predicted molar refractivity (Wildman–Crippen MR) is 122 cm³/mol. The van der Waals surface area contributed by atoms with Gasteiger partial charge < -0.3 is 10.2 Å². The van der Waals surface area contributed by atoms with Crippen LogP contribution in [-0.4, -0.2) is 50.1 Å². The number of hydrogen-bond donors (Lipinski definition) is 1. The second-order valence-corrected chi connectivity index (χ2v) is 11.5. The lowest BCUT2D eigenvalue weighted by molar-refractivity contribution is -0.116. The number of aryl methyl sites for hydroxylation is 1. The van der Waals surface area contributed by atoms with Crippen LogP contribution in [-0.2, 0) is 14.8 Å². The summed E-state index contributed by atoms with van der Waals surface area (Å²) >= 11 is 7.72. The topological polar surface area (TPSA) is 69.7 Å². The zero-order valence-electron chi connectivity index (χ0n) is 16.9. The maximum absolute atomic E-state index is 13.2. The first-order valence-corrected chi connectivity index (χ1v) is 12.6. The highest BCUT2D eigenvalue weighted by Crippen LogP contribution is 2.37. The van der Waals surface area contributed by atoms with Crippen LogP contribution in [0, 0.1) is 6.92 Å². The molecule has 1 saturated heterocycles. The van der Waals surface area contributed by atoms with Gasteiger partial charge in [0.1, 0.15) is 0 Å². The van der Waals surface area contributed by atoms with Gasteiger partial charge in [-0.25, -0.2) is 8.42 Å². The van der Waals surface area contributed by atoms with Crippen LogP contribution in [0.15, 0.2) is 46.2 Å². The van der Waals surface area contributed by atoms with Crippen molar-refractivity contribution in [2.45, 2.75) is 35.3 Å². The van der Waals surface area contributed by atoms with Crippen molar-refractivity contribution in [2.24, 2.45) is 0 Å². The highest BCUT2D eigenvalue weighted by Gasteiger charge is 2.30. The fourth-order valence-electron chi connectivity index (χ4n) is 3.83. The molecule has 1 atom stereocenters. The number of sulfonamides is 1. The Morgan fingerprint density at radius 1 is 1.10 bits per heavy atom. The third kappa shape index (κ3) is 4.32. The van der Waals surface area contributed by atoms with E-state index < -0.39 is 10.0 Å². The van der Waals surface area contributed by atoms with Crippen molar-refractivity contribution in [3.05, 3.63) is 47.0 Å². The molecule has 2 heterocycles. The second kappa shape index (κ2) is 8.42. The molecule has 0 bridgehead atoms. The Labute approximate surface area is 186 Å². The Hall–Kier alpha value is -1.74. The van der Waals surface area contributed by atoms with Gasteiger partial charge in [-0.15, -0.1) is 11.8 Å². The Kier molecular flexibility index (Phi) is 6.03. The van der Waals surface area contributed by atoms with Gasteiger partial charge in [0.2, 0.25) is 15.9 Å². The summed E-state index contributed by atoms with van der Waals surface area (Å²) in [5.41, 5.74) is 2.73. The molecule has 0 spiro atoms. The molecule has 0 aliphatic carbocycles. The first kappa shape index (κ1) is 21.5. The summed E-state index contributed by atoms with van der Waals surface area (Å²) in [6.07, 6.45) is 0.409. The Bertz CT molecular complexity index is 1080. The molecule has 4 rings (SSSR count). The average molecular weight is 466 g/mol. The van der Waals surface area contributed by atoms with Crippen LogP contribution in [0.5, 0.6) is 0 Å². The van der Waals surface area contributed by atoms with Crippen molar-refractivity contribution >= 4 is 50.7 Å². The number of carbonyl (C=O) groups excluding carboxylic acids is 1. The number of rotatable bonds is 3. The first-order valence-electron chi connectivity index (χ1n) is 9.86. The summed E-state index contributed by atoms with van der Waals surface area (Å²) in [5.74, 6) is -0.0891. The minimum Gasteiger partial charge on any atom is -0.369 e. The predicted octanol–water partition coefficient (Wildman–Crippen LogP) is 3.98. The van der Waals surface area contributed by atoms with Crippen LogP contribution < -0.4 is 10.2 Å². The van der Waals surface area contributed by atoms with Crippen molar-refractivity contribution < 1.29 is 13.2 Å². The number of piperazine rings is 1. The summed E-state index contributed by atoms with van der Waals surface area (Å²) < 4.78 is 28.0. The van der Waals surface area contributed by atoms with Gasteiger partial charge in [0, 0.05) is 53.5 Å². The van der Waals surface area contributed by atoms with E-state index in [9.17, 15) is 13.2 Å². The molecule has 0 saturated carbocycles. The summed E-state index contributed by atoms with van der Waals surface area (Å²) in [7, 11) is -3.64. The van der Waals surface area contributed by atoms with Crippen molar-refractivity contribution in [1.29, 1.82) is 0 Å². The minimum atomic E-state index is -3.64. The molecule has 0 unspecified atom stereocenters. The van der Waals surface area contributed by atoms with Gasteiger partial charge in [0.25, 0.3) is 0 Å². The van der Waals surface area contributed by atoms with E-state index in [1.54, 1.807) is 30.0 Å². The summed E-state index contributed by atoms with van der Waals surface area (Å²) in [6, 6.07) is 10.8. The van der Waals surface area contributed by atoms with Crippen molar-refractivity contribution in [1.82, 2.24) is 4.31 Å². The molecule has 2 aliphatic heterocycles. The van der Waals surface area contributed by atoms with Gasteiger partial charge in [-0.1, -0.05) is 24.6 Å². The van der Waals surface area contributed by atoms with Crippen molar-refractivity contribution in [3.63, 3.8) is 0 Å². The molecule has 1 N–H and O–H groups in total. The number of carbonyl (C=O) groups is 1. The smallest absolute Gasteiger partial charge is 0.243 e. The van der Waals surface area contributed by atoms with Gasteiger partial charge in [-0.05, 0) is 42.8 Å². The van der Waals surface area contributed by atoms with Gasteiger partial charge >= 0.3 is 0 Å².